The first-order chi connectivity index (χ1) is 11.9. The summed E-state index contributed by atoms with van der Waals surface area (Å²) in [4.78, 5) is 17.0. The Morgan fingerprint density at radius 1 is 1.12 bits per heavy atom. The zero-order chi connectivity index (χ0) is 18.0. The molecule has 1 aromatic heterocycles. The molecule has 0 aliphatic rings. The highest BCUT2D eigenvalue weighted by atomic mass is 32.2. The van der Waals surface area contributed by atoms with Crippen LogP contribution >= 0.6 is 0 Å². The van der Waals surface area contributed by atoms with Crippen LogP contribution in [0.3, 0.4) is 0 Å². The number of aryl methyl sites for hydroxylation is 1. The zero-order valence-electron chi connectivity index (χ0n) is 14.0. The van der Waals surface area contributed by atoms with E-state index in [1.807, 2.05) is 31.2 Å². The maximum Gasteiger partial charge on any atom is 0.274 e. The second-order valence-corrected chi connectivity index (χ2v) is 7.84. The summed E-state index contributed by atoms with van der Waals surface area (Å²) in [5, 5.41) is 4.44. The Labute approximate surface area is 146 Å². The van der Waals surface area contributed by atoms with Crippen molar-refractivity contribution in [2.45, 2.75) is 18.2 Å². The quantitative estimate of drug-likeness (QED) is 0.778. The molecule has 0 aliphatic carbocycles. The highest BCUT2D eigenvalue weighted by Gasteiger charge is 2.14. The Morgan fingerprint density at radius 2 is 1.92 bits per heavy atom. The molecule has 1 amide bonds. The average Bonchev–Trinajstić information content (AvgIpc) is 2.60. The number of hydrogen-bond acceptors (Lipinski definition) is 4. The maximum absolute atomic E-state index is 12.7. The van der Waals surface area contributed by atoms with Gasteiger partial charge in [0.25, 0.3) is 5.91 Å². The van der Waals surface area contributed by atoms with Crippen molar-refractivity contribution in [2.24, 2.45) is 0 Å². The number of amides is 1. The lowest BCUT2D eigenvalue weighted by Crippen LogP contribution is -2.14. The normalized spacial score (nSPS) is 11.4. The second-order valence-electron chi connectivity index (χ2n) is 5.82. The van der Waals surface area contributed by atoms with Gasteiger partial charge in [0.1, 0.15) is 5.69 Å². The van der Waals surface area contributed by atoms with E-state index >= 15 is 0 Å². The molecule has 0 spiro atoms. The number of nitrogens with one attached hydrogen (secondary N) is 1. The number of rotatable bonds is 4. The number of pyridine rings is 1. The van der Waals surface area contributed by atoms with Crippen LogP contribution in [0.15, 0.2) is 59.6 Å². The van der Waals surface area contributed by atoms with E-state index in [4.69, 9.17) is 0 Å². The lowest BCUT2D eigenvalue weighted by Gasteiger charge is -2.09. The smallest absolute Gasteiger partial charge is 0.274 e. The minimum atomic E-state index is -3.34. The van der Waals surface area contributed by atoms with Gasteiger partial charge in [-0.15, -0.1) is 0 Å². The molecular weight excluding hydrogens is 336 g/mol. The first-order valence-electron chi connectivity index (χ1n) is 7.87. The average molecular weight is 354 g/mol. The van der Waals surface area contributed by atoms with Gasteiger partial charge in [-0.25, -0.2) is 8.42 Å². The van der Waals surface area contributed by atoms with Crippen molar-refractivity contribution in [1.82, 2.24) is 4.98 Å². The van der Waals surface area contributed by atoms with Gasteiger partial charge in [0.2, 0.25) is 0 Å². The summed E-state index contributed by atoms with van der Waals surface area (Å²) in [6.07, 6.45) is 3.59. The van der Waals surface area contributed by atoms with E-state index in [0.717, 1.165) is 29.0 Å². The van der Waals surface area contributed by atoms with Gasteiger partial charge < -0.3 is 5.32 Å². The van der Waals surface area contributed by atoms with Crippen LogP contribution in [0.5, 0.6) is 0 Å². The van der Waals surface area contributed by atoms with Gasteiger partial charge in [0.05, 0.1) is 4.90 Å². The molecule has 1 heterocycles. The number of aromatic nitrogens is 1. The third-order valence-electron chi connectivity index (χ3n) is 3.97. The lowest BCUT2D eigenvalue weighted by atomic mass is 10.0. The Morgan fingerprint density at radius 3 is 2.64 bits per heavy atom. The molecule has 1 N–H and O–H groups in total. The SMILES string of the molecule is CCc1ccc2ccnc(C(=O)Nc3cccc(S(C)(=O)=O)c3)c2c1. The number of fused-ring (bicyclic) bond motifs is 1. The molecular formula is C19H18N2O3S. The van der Waals surface area contributed by atoms with E-state index < -0.39 is 9.84 Å². The molecule has 0 saturated heterocycles. The van der Waals surface area contributed by atoms with Crippen LogP contribution < -0.4 is 5.32 Å². The Bertz CT molecular complexity index is 1060. The Balaban J connectivity index is 1.98. The summed E-state index contributed by atoms with van der Waals surface area (Å²) in [7, 11) is -3.34. The van der Waals surface area contributed by atoms with Crippen LogP contribution in [0, 0.1) is 0 Å². The third kappa shape index (κ3) is 3.69. The molecule has 0 atom stereocenters. The van der Waals surface area contributed by atoms with Gasteiger partial charge in [-0.3, -0.25) is 9.78 Å². The van der Waals surface area contributed by atoms with Crippen molar-refractivity contribution in [3.05, 3.63) is 66.0 Å². The fraction of sp³-hybridized carbons (Fsp3) is 0.158. The van der Waals surface area contributed by atoms with Crippen LogP contribution in [0.1, 0.15) is 23.0 Å². The predicted octanol–water partition coefficient (Wildman–Crippen LogP) is 3.45. The molecule has 0 bridgehead atoms. The lowest BCUT2D eigenvalue weighted by molar-refractivity contribution is 0.102. The molecule has 0 radical (unpaired) electrons. The van der Waals surface area contributed by atoms with E-state index in [-0.39, 0.29) is 10.8 Å². The number of carbonyl (C=O) groups is 1. The third-order valence-corrected chi connectivity index (χ3v) is 5.08. The second kappa shape index (κ2) is 6.64. The summed E-state index contributed by atoms with van der Waals surface area (Å²) >= 11 is 0. The van der Waals surface area contributed by atoms with Crippen LogP contribution in [-0.4, -0.2) is 25.6 Å². The van der Waals surface area contributed by atoms with Crippen molar-refractivity contribution in [1.29, 1.82) is 0 Å². The molecule has 5 nitrogen and oxygen atoms in total. The molecule has 0 aliphatic heterocycles. The first kappa shape index (κ1) is 17.1. The first-order valence-corrected chi connectivity index (χ1v) is 9.77. The zero-order valence-corrected chi connectivity index (χ0v) is 14.8. The van der Waals surface area contributed by atoms with Gasteiger partial charge in [0.15, 0.2) is 9.84 Å². The summed E-state index contributed by atoms with van der Waals surface area (Å²) < 4.78 is 23.3. The van der Waals surface area contributed by atoms with E-state index in [1.165, 1.54) is 12.1 Å². The van der Waals surface area contributed by atoms with E-state index in [9.17, 15) is 13.2 Å². The Hall–Kier alpha value is -2.73. The number of sulfone groups is 1. The van der Waals surface area contributed by atoms with Gasteiger partial charge in [-0.05, 0) is 47.7 Å². The minimum absolute atomic E-state index is 0.157. The fourth-order valence-corrected chi connectivity index (χ4v) is 3.28. The van der Waals surface area contributed by atoms with Crippen molar-refractivity contribution in [3.8, 4) is 0 Å². The van der Waals surface area contributed by atoms with Crippen LogP contribution in [0.25, 0.3) is 10.8 Å². The fourth-order valence-electron chi connectivity index (χ4n) is 2.61. The summed E-state index contributed by atoms with van der Waals surface area (Å²) in [5.74, 6) is -0.371. The standard InChI is InChI=1S/C19H18N2O3S/c1-3-13-7-8-14-9-10-20-18(17(14)11-13)19(22)21-15-5-4-6-16(12-15)25(2,23)24/h4-12H,3H2,1-2H3,(H,21,22). The number of benzene rings is 2. The van der Waals surface area contributed by atoms with Crippen LogP contribution in [-0.2, 0) is 16.3 Å². The summed E-state index contributed by atoms with van der Waals surface area (Å²) in [6, 6.07) is 14.0. The largest absolute Gasteiger partial charge is 0.321 e. The summed E-state index contributed by atoms with van der Waals surface area (Å²) in [5.41, 5.74) is 1.85. The van der Waals surface area contributed by atoms with E-state index in [1.54, 1.807) is 18.3 Å². The number of hydrogen-bond donors (Lipinski definition) is 1. The molecule has 128 valence electrons. The van der Waals surface area contributed by atoms with Gasteiger partial charge in [-0.2, -0.15) is 0 Å². The summed E-state index contributed by atoms with van der Waals surface area (Å²) in [6.45, 7) is 2.05. The highest BCUT2D eigenvalue weighted by molar-refractivity contribution is 7.90. The molecule has 0 saturated carbocycles. The molecule has 25 heavy (non-hydrogen) atoms. The van der Waals surface area contributed by atoms with Crippen molar-refractivity contribution >= 4 is 32.2 Å². The number of anilines is 1. The minimum Gasteiger partial charge on any atom is -0.321 e. The molecule has 0 fully saturated rings. The number of carbonyl (C=O) groups excluding carboxylic acids is 1. The van der Waals surface area contributed by atoms with E-state index in [2.05, 4.69) is 10.3 Å². The highest BCUT2D eigenvalue weighted by Crippen LogP contribution is 2.21. The molecule has 2 aromatic carbocycles. The maximum atomic E-state index is 12.7. The van der Waals surface area contributed by atoms with Gasteiger partial charge in [-0.1, -0.05) is 25.1 Å². The topological polar surface area (TPSA) is 76.1 Å². The van der Waals surface area contributed by atoms with E-state index in [0.29, 0.717) is 11.4 Å². The Kier molecular flexibility index (Phi) is 4.55. The van der Waals surface area contributed by atoms with Crippen molar-refractivity contribution in [2.75, 3.05) is 11.6 Å². The molecule has 3 aromatic rings. The van der Waals surface area contributed by atoms with Crippen molar-refractivity contribution in [3.63, 3.8) is 0 Å². The van der Waals surface area contributed by atoms with Crippen LogP contribution in [0.4, 0.5) is 5.69 Å². The molecule has 3 rings (SSSR count). The molecule has 6 heteroatoms. The van der Waals surface area contributed by atoms with Gasteiger partial charge >= 0.3 is 0 Å². The molecule has 0 unspecified atom stereocenters. The number of nitrogens with zero attached hydrogens (tertiary/aromatic N) is 1. The van der Waals surface area contributed by atoms with Crippen LogP contribution in [0.2, 0.25) is 0 Å². The predicted molar refractivity (Wildman–Crippen MR) is 98.6 cm³/mol. The van der Waals surface area contributed by atoms with Crippen molar-refractivity contribution < 1.29 is 13.2 Å². The van der Waals surface area contributed by atoms with Gasteiger partial charge in [0, 0.05) is 23.5 Å². The monoisotopic (exact) mass is 354 g/mol.